The number of ether oxygens (including phenoxy) is 2. The number of nitrogens with one attached hydrogen (secondary N) is 1. The van der Waals surface area contributed by atoms with Crippen LogP contribution in [0.2, 0.25) is 0 Å². The molecule has 0 saturated carbocycles. The molecule has 9 atom stereocenters. The fraction of sp³-hybridized carbons (Fsp3) is 0.986. The van der Waals surface area contributed by atoms with Crippen molar-refractivity contribution in [1.82, 2.24) is 5.32 Å². The summed E-state index contributed by atoms with van der Waals surface area (Å²) in [5.41, 5.74) is 0. The van der Waals surface area contributed by atoms with Gasteiger partial charge in [0.25, 0.3) is 0 Å². The molecule has 0 spiro atoms. The molecule has 1 fully saturated rings. The van der Waals surface area contributed by atoms with E-state index in [4.69, 9.17) is 9.47 Å². The number of carbonyl (C=O) groups is 1. The van der Waals surface area contributed by atoms with Crippen molar-refractivity contribution < 1.29 is 50.0 Å². The molecule has 0 bridgehead atoms. The molecule has 81 heavy (non-hydrogen) atoms. The molecular weight excluding hydrogens is 1010 g/mol. The van der Waals surface area contributed by atoms with Gasteiger partial charge in [-0.25, -0.2) is 0 Å². The minimum absolute atomic E-state index is 0.268. The summed E-state index contributed by atoms with van der Waals surface area (Å²) in [4.78, 5) is 13.2. The minimum atomic E-state index is -1.66. The van der Waals surface area contributed by atoms with Gasteiger partial charge in [-0.05, 0) is 12.8 Å². The van der Waals surface area contributed by atoms with E-state index in [0.717, 1.165) is 38.5 Å². The summed E-state index contributed by atoms with van der Waals surface area (Å²) in [6.45, 7) is 3.52. The van der Waals surface area contributed by atoms with E-state index in [9.17, 15) is 40.5 Å². The first kappa shape index (κ1) is 78.1. The third kappa shape index (κ3) is 46.9. The summed E-state index contributed by atoms with van der Waals surface area (Å²) in [7, 11) is 0. The molecule has 9 unspecified atom stereocenters. The third-order valence-electron chi connectivity index (χ3n) is 17.9. The Hall–Kier alpha value is -0.890. The van der Waals surface area contributed by atoms with Crippen LogP contribution < -0.4 is 5.32 Å². The smallest absolute Gasteiger partial charge is 0.249 e. The normalized spacial score (nSPS) is 19.0. The van der Waals surface area contributed by atoms with E-state index in [1.165, 1.54) is 295 Å². The van der Waals surface area contributed by atoms with Crippen LogP contribution in [0.15, 0.2) is 0 Å². The SMILES string of the molecule is CCCCCCCCCCCCCCCCCCCCCCCCCCCCCCCCCCCCCCC(O)C(=O)NC(COC1OC(CO)C(O)C(O)C1O)C(O)C(O)CCCCCCCCCCCCCCCCCCCC. The van der Waals surface area contributed by atoms with E-state index >= 15 is 0 Å². The van der Waals surface area contributed by atoms with Crippen LogP contribution in [0.25, 0.3) is 0 Å². The molecule has 0 aromatic rings. The second kappa shape index (κ2) is 59.4. The van der Waals surface area contributed by atoms with Crippen molar-refractivity contribution in [3.63, 3.8) is 0 Å². The van der Waals surface area contributed by atoms with Crippen molar-refractivity contribution in [2.45, 2.75) is 428 Å². The molecule has 0 aromatic heterocycles. The van der Waals surface area contributed by atoms with Gasteiger partial charge in [0.1, 0.15) is 36.6 Å². The van der Waals surface area contributed by atoms with Crippen molar-refractivity contribution >= 4 is 5.91 Å². The molecule has 0 aliphatic carbocycles. The lowest BCUT2D eigenvalue weighted by atomic mass is 9.98. The van der Waals surface area contributed by atoms with Gasteiger partial charge in [0.2, 0.25) is 5.91 Å². The second-order valence-electron chi connectivity index (χ2n) is 25.7. The number of hydrogen-bond donors (Lipinski definition) is 8. The number of aliphatic hydroxyl groups is 7. The van der Waals surface area contributed by atoms with Gasteiger partial charge in [0.15, 0.2) is 6.29 Å². The average Bonchev–Trinajstić information content (AvgIpc) is 3.51. The molecule has 1 amide bonds. The summed E-state index contributed by atoms with van der Waals surface area (Å²) in [5, 5.41) is 76.5. The van der Waals surface area contributed by atoms with Crippen LogP contribution in [0.5, 0.6) is 0 Å². The first-order valence-corrected chi connectivity index (χ1v) is 35.9. The molecule has 0 radical (unpaired) electrons. The van der Waals surface area contributed by atoms with E-state index in [0.29, 0.717) is 19.3 Å². The Balaban J connectivity index is 2.11. The standard InChI is InChI=1S/C70H139NO10/c1-3-5-7-9-11-13-15-17-19-21-23-24-25-26-27-28-29-30-31-32-33-34-35-36-37-38-39-40-42-44-46-48-50-52-54-56-58-63(74)69(79)71-61(60-80-70-68(78)67(77)66(76)64(59-72)81-70)65(75)62(73)57-55-53-51-49-47-45-43-41-22-20-18-16-14-12-10-8-6-4-2/h61-68,70,72-78H,3-60H2,1-2H3,(H,71,79). The van der Waals surface area contributed by atoms with Gasteiger partial charge in [-0.15, -0.1) is 0 Å². The summed E-state index contributed by atoms with van der Waals surface area (Å²) in [6, 6.07) is -1.16. The highest BCUT2D eigenvalue weighted by atomic mass is 16.7. The first-order chi connectivity index (χ1) is 39.7. The highest BCUT2D eigenvalue weighted by Gasteiger charge is 2.44. The molecule has 1 aliphatic heterocycles. The van der Waals surface area contributed by atoms with Crippen LogP contribution in [0.4, 0.5) is 0 Å². The molecule has 1 rings (SSSR count). The lowest BCUT2D eigenvalue weighted by molar-refractivity contribution is -0.303. The van der Waals surface area contributed by atoms with E-state index in [1.54, 1.807) is 0 Å². The van der Waals surface area contributed by atoms with Crippen LogP contribution in [0.1, 0.15) is 373 Å². The summed E-state index contributed by atoms with van der Waals surface area (Å²) in [5.74, 6) is -0.687. The van der Waals surface area contributed by atoms with E-state index in [-0.39, 0.29) is 6.42 Å². The number of hydrogen-bond acceptors (Lipinski definition) is 10. The maximum Gasteiger partial charge on any atom is 0.249 e. The quantitative estimate of drug-likeness (QED) is 0.0272. The highest BCUT2D eigenvalue weighted by Crippen LogP contribution is 2.24. The zero-order chi connectivity index (χ0) is 58.9. The Bertz CT molecular complexity index is 1280. The van der Waals surface area contributed by atoms with Gasteiger partial charge >= 0.3 is 0 Å². The topological polar surface area (TPSA) is 189 Å². The van der Waals surface area contributed by atoms with Crippen LogP contribution in [-0.2, 0) is 14.3 Å². The predicted molar refractivity (Wildman–Crippen MR) is 340 cm³/mol. The van der Waals surface area contributed by atoms with Crippen LogP contribution >= 0.6 is 0 Å². The lowest BCUT2D eigenvalue weighted by Crippen LogP contribution is -2.60. The van der Waals surface area contributed by atoms with Gasteiger partial charge in [0.05, 0.1) is 25.4 Å². The van der Waals surface area contributed by atoms with E-state index in [2.05, 4.69) is 19.2 Å². The molecule has 11 heteroatoms. The summed E-state index contributed by atoms with van der Waals surface area (Å²) >= 11 is 0. The zero-order valence-electron chi connectivity index (χ0n) is 53.6. The Kier molecular flexibility index (Phi) is 57.3. The lowest BCUT2D eigenvalue weighted by Gasteiger charge is -2.40. The predicted octanol–water partition coefficient (Wildman–Crippen LogP) is 17.3. The third-order valence-corrected chi connectivity index (χ3v) is 17.9. The van der Waals surface area contributed by atoms with Crippen molar-refractivity contribution in [2.24, 2.45) is 0 Å². The largest absolute Gasteiger partial charge is 0.394 e. The van der Waals surface area contributed by atoms with Crippen molar-refractivity contribution in [1.29, 1.82) is 0 Å². The number of rotatable bonds is 64. The molecule has 1 aliphatic rings. The Morgan fingerprint density at radius 3 is 0.914 bits per heavy atom. The monoisotopic (exact) mass is 1150 g/mol. The highest BCUT2D eigenvalue weighted by molar-refractivity contribution is 5.80. The van der Waals surface area contributed by atoms with Gasteiger partial charge in [0, 0.05) is 0 Å². The molecular formula is C70H139NO10. The second-order valence-corrected chi connectivity index (χ2v) is 25.7. The van der Waals surface area contributed by atoms with Crippen molar-refractivity contribution in [3.8, 4) is 0 Å². The Morgan fingerprint density at radius 1 is 0.383 bits per heavy atom. The summed E-state index contributed by atoms with van der Waals surface area (Å²) < 4.78 is 11.2. The molecule has 1 saturated heterocycles. The van der Waals surface area contributed by atoms with E-state index < -0.39 is 74.2 Å². The summed E-state index contributed by atoms with van der Waals surface area (Å²) in [6.07, 6.45) is 60.6. The number of unbranched alkanes of at least 4 members (excludes halogenated alkanes) is 52. The fourth-order valence-corrected chi connectivity index (χ4v) is 12.2. The van der Waals surface area contributed by atoms with Crippen LogP contribution in [-0.4, -0.2) is 110 Å². The first-order valence-electron chi connectivity index (χ1n) is 35.9. The van der Waals surface area contributed by atoms with Crippen molar-refractivity contribution in [3.05, 3.63) is 0 Å². The number of amides is 1. The fourth-order valence-electron chi connectivity index (χ4n) is 12.2. The maximum atomic E-state index is 13.2. The zero-order valence-corrected chi connectivity index (χ0v) is 53.6. The molecule has 0 aromatic carbocycles. The van der Waals surface area contributed by atoms with E-state index in [1.807, 2.05) is 0 Å². The van der Waals surface area contributed by atoms with Gasteiger partial charge < -0.3 is 50.5 Å². The molecule has 484 valence electrons. The average molecular weight is 1150 g/mol. The molecule has 1 heterocycles. The van der Waals surface area contributed by atoms with Gasteiger partial charge in [-0.2, -0.15) is 0 Å². The van der Waals surface area contributed by atoms with Crippen molar-refractivity contribution in [2.75, 3.05) is 13.2 Å². The Morgan fingerprint density at radius 2 is 0.642 bits per heavy atom. The minimum Gasteiger partial charge on any atom is -0.394 e. The molecule has 8 N–H and O–H groups in total. The van der Waals surface area contributed by atoms with Crippen LogP contribution in [0, 0.1) is 0 Å². The maximum absolute atomic E-state index is 13.2. The molecule has 11 nitrogen and oxygen atoms in total. The number of aliphatic hydroxyl groups excluding tert-OH is 7. The van der Waals surface area contributed by atoms with Crippen LogP contribution in [0.3, 0.4) is 0 Å². The Labute approximate surface area is 500 Å². The number of carbonyl (C=O) groups excluding carboxylic acids is 1. The van der Waals surface area contributed by atoms with Gasteiger partial charge in [-0.1, -0.05) is 361 Å². The van der Waals surface area contributed by atoms with Gasteiger partial charge in [-0.3, -0.25) is 4.79 Å².